The maximum atomic E-state index is 13.8. The maximum Gasteiger partial charge on any atom is 0.258 e. The Morgan fingerprint density at radius 3 is 2.43 bits per heavy atom. The molecule has 224 valence electrons. The maximum absolute atomic E-state index is 13.8. The average molecular weight is 594 g/mol. The van der Waals surface area contributed by atoms with Gasteiger partial charge in [-0.1, -0.05) is 41.9 Å². The normalized spacial score (nSPS) is 17.9. The number of rotatable bonds is 4. The van der Waals surface area contributed by atoms with Gasteiger partial charge in [0.15, 0.2) is 0 Å². The quantitative estimate of drug-likeness (QED) is 0.434. The highest BCUT2D eigenvalue weighted by molar-refractivity contribution is 6.31. The Labute approximate surface area is 253 Å². The topological polar surface area (TPSA) is 88.0 Å². The molecule has 0 unspecified atom stereocenters. The third-order valence-electron chi connectivity index (χ3n) is 7.64. The molecule has 1 aliphatic rings. The van der Waals surface area contributed by atoms with Crippen LogP contribution in [-0.4, -0.2) is 88.6 Å². The summed E-state index contributed by atoms with van der Waals surface area (Å²) < 4.78 is 7.81. The smallest absolute Gasteiger partial charge is 0.258 e. The Balaban J connectivity index is 1.59. The van der Waals surface area contributed by atoms with Gasteiger partial charge in [-0.3, -0.25) is 19.1 Å². The third kappa shape index (κ3) is 7.91. The predicted octanol–water partition coefficient (Wildman–Crippen LogP) is 4.79. The molecule has 0 N–H and O–H groups in total. The minimum atomic E-state index is -0.722. The number of fused-ring (bicyclic) bond motifs is 1. The molecule has 1 atom stereocenters. The number of ether oxygens (including phenoxy) is 1. The number of amides is 3. The lowest BCUT2D eigenvalue weighted by Gasteiger charge is -2.31. The van der Waals surface area contributed by atoms with Crippen molar-refractivity contribution in [3.05, 3.63) is 82.6 Å². The van der Waals surface area contributed by atoms with E-state index in [4.69, 9.17) is 16.3 Å². The van der Waals surface area contributed by atoms with E-state index in [1.54, 1.807) is 54.3 Å². The molecule has 42 heavy (non-hydrogen) atoms. The van der Waals surface area contributed by atoms with Crippen molar-refractivity contribution in [3.63, 3.8) is 0 Å². The number of carbonyl (C=O) groups is 3. The molecule has 2 aromatic carbocycles. The fraction of sp³-hybridized carbons (Fsp3) is 0.438. The van der Waals surface area contributed by atoms with Gasteiger partial charge in [-0.05, 0) is 56.4 Å². The number of hydrogen-bond acceptors (Lipinski definition) is 5. The van der Waals surface area contributed by atoms with Crippen molar-refractivity contribution < 1.29 is 19.1 Å². The largest absolute Gasteiger partial charge is 0.493 e. The molecule has 1 aromatic heterocycles. The lowest BCUT2D eigenvalue weighted by molar-refractivity contribution is -0.134. The summed E-state index contributed by atoms with van der Waals surface area (Å²) in [6, 6.07) is 13.9. The number of aromatic nitrogens is 2. The summed E-state index contributed by atoms with van der Waals surface area (Å²) in [4.78, 5) is 46.0. The van der Waals surface area contributed by atoms with Gasteiger partial charge in [0.25, 0.3) is 11.8 Å². The molecule has 0 radical (unpaired) electrons. The van der Waals surface area contributed by atoms with Crippen LogP contribution in [0.1, 0.15) is 58.9 Å². The molecular weight excluding hydrogens is 554 g/mol. The summed E-state index contributed by atoms with van der Waals surface area (Å²) >= 11 is 6.30. The second-order valence-corrected chi connectivity index (χ2v) is 11.1. The summed E-state index contributed by atoms with van der Waals surface area (Å²) in [6.07, 6.45) is 6.66. The van der Waals surface area contributed by atoms with Crippen molar-refractivity contribution in [2.45, 2.75) is 51.6 Å². The Bertz CT molecular complexity index is 1360. The van der Waals surface area contributed by atoms with Crippen LogP contribution in [0.4, 0.5) is 0 Å². The zero-order chi connectivity index (χ0) is 30.1. The highest BCUT2D eigenvalue weighted by Gasteiger charge is 2.31. The van der Waals surface area contributed by atoms with Crippen LogP contribution in [0.3, 0.4) is 0 Å². The summed E-state index contributed by atoms with van der Waals surface area (Å²) in [7, 11) is 3.42. The predicted molar refractivity (Wildman–Crippen MR) is 163 cm³/mol. The number of hydrogen-bond donors (Lipinski definition) is 0. The van der Waals surface area contributed by atoms with Gasteiger partial charge in [-0.15, -0.1) is 0 Å². The van der Waals surface area contributed by atoms with E-state index in [2.05, 4.69) is 5.10 Å². The second kappa shape index (κ2) is 14.9. The zero-order valence-electron chi connectivity index (χ0n) is 24.7. The first-order valence-corrected chi connectivity index (χ1v) is 15.0. The standard InChI is InChI=1S/C32H40ClN5O4/c1-4-38-23-25(22-34-38)30(39)37-17-9-8-16-35(2)32(41)28(20-24-12-6-5-7-13-24)36(3)31(40)27-21-26(33)14-15-29(27)42-19-11-10-18-37/h5-7,12-15,21-23,28H,4,8-11,16-20H2,1-3H3/t28-/m0/s1. The van der Waals surface area contributed by atoms with E-state index < -0.39 is 6.04 Å². The van der Waals surface area contributed by atoms with Crippen LogP contribution in [0.2, 0.25) is 5.02 Å². The molecule has 3 amide bonds. The highest BCUT2D eigenvalue weighted by Crippen LogP contribution is 2.26. The number of nitrogens with zero attached hydrogens (tertiary/aromatic N) is 5. The number of aryl methyl sites for hydroxylation is 1. The molecular formula is C32H40ClN5O4. The van der Waals surface area contributed by atoms with E-state index in [0.29, 0.717) is 67.5 Å². The third-order valence-corrected chi connectivity index (χ3v) is 7.87. The van der Waals surface area contributed by atoms with E-state index >= 15 is 0 Å². The van der Waals surface area contributed by atoms with Gasteiger partial charge < -0.3 is 19.4 Å². The summed E-state index contributed by atoms with van der Waals surface area (Å²) in [6.45, 7) is 4.70. The molecule has 0 aliphatic carbocycles. The molecule has 9 nitrogen and oxygen atoms in total. The lowest BCUT2D eigenvalue weighted by atomic mass is 10.0. The van der Waals surface area contributed by atoms with E-state index in [-0.39, 0.29) is 17.7 Å². The van der Waals surface area contributed by atoms with Crippen LogP contribution in [0.15, 0.2) is 60.9 Å². The summed E-state index contributed by atoms with van der Waals surface area (Å²) in [5, 5.41) is 4.67. The molecule has 0 spiro atoms. The highest BCUT2D eigenvalue weighted by atomic mass is 35.5. The minimum Gasteiger partial charge on any atom is -0.493 e. The lowest BCUT2D eigenvalue weighted by Crippen LogP contribution is -2.49. The van der Waals surface area contributed by atoms with E-state index in [9.17, 15) is 14.4 Å². The van der Waals surface area contributed by atoms with Crippen LogP contribution < -0.4 is 4.74 Å². The van der Waals surface area contributed by atoms with Gasteiger partial charge in [0.1, 0.15) is 11.8 Å². The van der Waals surface area contributed by atoms with Crippen molar-refractivity contribution in [3.8, 4) is 5.75 Å². The van der Waals surface area contributed by atoms with E-state index in [1.165, 1.54) is 4.90 Å². The molecule has 3 aromatic rings. The summed E-state index contributed by atoms with van der Waals surface area (Å²) in [5.74, 6) is -0.111. The van der Waals surface area contributed by atoms with Gasteiger partial charge in [0.05, 0.1) is 23.9 Å². The molecule has 1 aliphatic heterocycles. The van der Waals surface area contributed by atoms with Crippen LogP contribution in [0, 0.1) is 0 Å². The first-order valence-electron chi connectivity index (χ1n) is 14.6. The van der Waals surface area contributed by atoms with Gasteiger partial charge in [0.2, 0.25) is 5.91 Å². The minimum absolute atomic E-state index is 0.0481. The average Bonchev–Trinajstić information content (AvgIpc) is 3.49. The van der Waals surface area contributed by atoms with Crippen LogP contribution >= 0.6 is 11.6 Å². The van der Waals surface area contributed by atoms with Crippen molar-refractivity contribution in [2.75, 3.05) is 40.3 Å². The summed E-state index contributed by atoms with van der Waals surface area (Å²) in [5.41, 5.74) is 1.84. The van der Waals surface area contributed by atoms with Crippen molar-refractivity contribution >= 4 is 29.3 Å². The van der Waals surface area contributed by atoms with Gasteiger partial charge in [0, 0.05) is 57.9 Å². The van der Waals surface area contributed by atoms with Crippen LogP contribution in [0.25, 0.3) is 0 Å². The number of likely N-dealkylation sites (N-methyl/N-ethyl adjacent to an activating group) is 2. The number of halogens is 1. The van der Waals surface area contributed by atoms with Crippen molar-refractivity contribution in [1.29, 1.82) is 0 Å². The van der Waals surface area contributed by atoms with Crippen molar-refractivity contribution in [2.24, 2.45) is 0 Å². The SMILES string of the molecule is CCn1cc(C(=O)N2CCCCOc3ccc(Cl)cc3C(=O)N(C)[C@@H](Cc3ccccc3)C(=O)N(C)CCCC2)cn1. The van der Waals surface area contributed by atoms with E-state index in [0.717, 1.165) is 24.8 Å². The Hall–Kier alpha value is -3.85. The van der Waals surface area contributed by atoms with Gasteiger partial charge in [-0.25, -0.2) is 0 Å². The molecule has 4 rings (SSSR count). The van der Waals surface area contributed by atoms with Gasteiger partial charge in [-0.2, -0.15) is 5.10 Å². The molecule has 0 fully saturated rings. The molecule has 10 heteroatoms. The first kappa shape index (κ1) is 31.1. The van der Waals surface area contributed by atoms with Crippen molar-refractivity contribution in [1.82, 2.24) is 24.5 Å². The Morgan fingerprint density at radius 1 is 1.00 bits per heavy atom. The Morgan fingerprint density at radius 2 is 1.71 bits per heavy atom. The van der Waals surface area contributed by atoms with Crippen LogP contribution in [-0.2, 0) is 17.8 Å². The zero-order valence-corrected chi connectivity index (χ0v) is 25.4. The van der Waals surface area contributed by atoms with Crippen LogP contribution in [0.5, 0.6) is 5.75 Å². The molecule has 0 bridgehead atoms. The monoisotopic (exact) mass is 593 g/mol. The second-order valence-electron chi connectivity index (χ2n) is 10.7. The molecule has 0 saturated carbocycles. The van der Waals surface area contributed by atoms with Gasteiger partial charge >= 0.3 is 0 Å². The number of benzene rings is 2. The Kier molecular flexibility index (Phi) is 11.0. The first-order chi connectivity index (χ1) is 20.3. The molecule has 2 heterocycles. The fourth-order valence-corrected chi connectivity index (χ4v) is 5.27. The molecule has 0 saturated heterocycles. The number of carbonyl (C=O) groups excluding carboxylic acids is 3. The van der Waals surface area contributed by atoms with E-state index in [1.807, 2.05) is 42.2 Å². The fourth-order valence-electron chi connectivity index (χ4n) is 5.10.